The van der Waals surface area contributed by atoms with Crippen molar-refractivity contribution in [3.05, 3.63) is 24.0 Å². The number of rotatable bonds is 2. The smallest absolute Gasteiger partial charge is 0.356 e. The number of carbonyl (C=O) groups is 2. The van der Waals surface area contributed by atoms with Gasteiger partial charge in [0.05, 0.1) is 0 Å². The van der Waals surface area contributed by atoms with Crippen molar-refractivity contribution in [1.29, 1.82) is 0 Å². The number of carboxylic acids is 1. The number of aromatic nitrogens is 2. The normalized spacial score (nSPS) is 13.6. The Bertz CT molecular complexity index is 349. The maximum atomic E-state index is 10.1. The molecule has 2 rings (SSSR count). The highest BCUT2D eigenvalue weighted by atomic mass is 16.4. The van der Waals surface area contributed by atoms with Crippen LogP contribution in [0.4, 0.5) is 0 Å². The number of nitrogens with zero attached hydrogens (tertiary/aromatic N) is 2. The van der Waals surface area contributed by atoms with Crippen molar-refractivity contribution in [3.8, 4) is 0 Å². The largest absolute Gasteiger partial charge is 0.476 e. The van der Waals surface area contributed by atoms with E-state index < -0.39 is 5.97 Å². The van der Waals surface area contributed by atoms with Crippen LogP contribution >= 0.6 is 0 Å². The molecule has 0 radical (unpaired) electrons. The lowest BCUT2D eigenvalue weighted by Gasteiger charge is -1.85. The summed E-state index contributed by atoms with van der Waals surface area (Å²) in [7, 11) is 0. The summed E-state index contributed by atoms with van der Waals surface area (Å²) in [5, 5.41) is 15.0. The van der Waals surface area contributed by atoms with Gasteiger partial charge in [-0.1, -0.05) is 0 Å². The summed E-state index contributed by atoms with van der Waals surface area (Å²) in [4.78, 5) is 20.1. The summed E-state index contributed by atoms with van der Waals surface area (Å²) in [6.07, 6.45) is 3.47. The van der Waals surface area contributed by atoms with Crippen molar-refractivity contribution in [2.75, 3.05) is 0 Å². The van der Waals surface area contributed by atoms with Gasteiger partial charge in [0.2, 0.25) is 5.91 Å². The molecule has 15 heavy (non-hydrogen) atoms. The van der Waals surface area contributed by atoms with Crippen LogP contribution in [-0.2, 0) is 4.79 Å². The van der Waals surface area contributed by atoms with E-state index in [0.29, 0.717) is 0 Å². The van der Waals surface area contributed by atoms with E-state index in [9.17, 15) is 9.59 Å². The van der Waals surface area contributed by atoms with Crippen molar-refractivity contribution < 1.29 is 14.7 Å². The van der Waals surface area contributed by atoms with Crippen LogP contribution in [-0.4, -0.2) is 27.2 Å². The van der Waals surface area contributed by atoms with E-state index in [4.69, 9.17) is 10.8 Å². The van der Waals surface area contributed by atoms with Crippen LogP contribution in [0, 0.1) is 5.92 Å². The first-order valence-corrected chi connectivity index (χ1v) is 4.41. The molecule has 80 valence electrons. The number of hydrogen-bond donors (Lipinski definition) is 2. The van der Waals surface area contributed by atoms with Crippen molar-refractivity contribution in [2.45, 2.75) is 12.8 Å². The van der Waals surface area contributed by atoms with Gasteiger partial charge in [-0.25, -0.2) is 4.79 Å². The van der Waals surface area contributed by atoms with Crippen LogP contribution in [0.25, 0.3) is 0 Å². The molecule has 0 saturated heterocycles. The summed E-state index contributed by atoms with van der Waals surface area (Å²) >= 11 is 0. The topological polar surface area (TPSA) is 106 Å². The maximum Gasteiger partial charge on any atom is 0.356 e. The molecule has 3 N–H and O–H groups in total. The number of amides is 1. The quantitative estimate of drug-likeness (QED) is 0.716. The maximum absolute atomic E-state index is 10.1. The highest BCUT2D eigenvalue weighted by Gasteiger charge is 2.26. The summed E-state index contributed by atoms with van der Waals surface area (Å²) in [6.45, 7) is 0. The fourth-order valence-corrected chi connectivity index (χ4v) is 0.783. The molecule has 1 heterocycles. The molecule has 1 aromatic rings. The molecule has 0 aromatic carbocycles. The Labute approximate surface area is 86.1 Å². The van der Waals surface area contributed by atoms with Gasteiger partial charge in [0.15, 0.2) is 5.69 Å². The molecule has 0 spiro atoms. The highest BCUT2D eigenvalue weighted by Crippen LogP contribution is 2.27. The Morgan fingerprint density at radius 3 is 2.33 bits per heavy atom. The number of carbonyl (C=O) groups excluding carboxylic acids is 1. The molecule has 1 aliphatic rings. The number of aromatic carboxylic acids is 1. The Kier molecular flexibility index (Phi) is 3.73. The second kappa shape index (κ2) is 5.04. The number of primary amides is 1. The van der Waals surface area contributed by atoms with Gasteiger partial charge in [0.1, 0.15) is 0 Å². The molecule has 0 unspecified atom stereocenters. The lowest BCUT2D eigenvalue weighted by molar-refractivity contribution is -0.119. The first-order valence-electron chi connectivity index (χ1n) is 4.41. The summed E-state index contributed by atoms with van der Waals surface area (Å²) < 4.78 is 0. The van der Waals surface area contributed by atoms with Gasteiger partial charge in [0, 0.05) is 12.1 Å². The molecular formula is C9H11N3O3. The second-order valence-corrected chi connectivity index (χ2v) is 3.09. The monoisotopic (exact) mass is 209 g/mol. The zero-order chi connectivity index (χ0) is 11.3. The third kappa shape index (κ3) is 4.17. The average molecular weight is 209 g/mol. The fourth-order valence-electron chi connectivity index (χ4n) is 0.783. The zero-order valence-corrected chi connectivity index (χ0v) is 7.96. The molecule has 1 saturated carbocycles. The predicted octanol–water partition coefficient (Wildman–Crippen LogP) is 0.0565. The van der Waals surface area contributed by atoms with Crippen molar-refractivity contribution in [1.82, 2.24) is 10.2 Å². The first kappa shape index (κ1) is 11.1. The van der Waals surface area contributed by atoms with E-state index in [0.717, 1.165) is 12.8 Å². The Morgan fingerprint density at radius 1 is 1.47 bits per heavy atom. The average Bonchev–Trinajstić information content (AvgIpc) is 3.03. The minimum Gasteiger partial charge on any atom is -0.476 e. The van der Waals surface area contributed by atoms with Crippen LogP contribution < -0.4 is 5.73 Å². The van der Waals surface area contributed by atoms with Gasteiger partial charge in [-0.2, -0.15) is 5.10 Å². The fraction of sp³-hybridized carbons (Fsp3) is 0.333. The van der Waals surface area contributed by atoms with E-state index in [1.807, 2.05) is 0 Å². The van der Waals surface area contributed by atoms with Gasteiger partial charge in [0.25, 0.3) is 0 Å². The summed E-state index contributed by atoms with van der Waals surface area (Å²) in [6, 6.07) is 2.91. The number of nitrogens with two attached hydrogens (primary N) is 1. The minimum absolute atomic E-state index is 0.0301. The second-order valence-electron chi connectivity index (χ2n) is 3.09. The third-order valence-electron chi connectivity index (χ3n) is 1.77. The van der Waals surface area contributed by atoms with Gasteiger partial charge < -0.3 is 10.8 Å². The lowest BCUT2D eigenvalue weighted by atomic mass is 10.4. The molecular weight excluding hydrogens is 198 g/mol. The molecule has 0 bridgehead atoms. The predicted molar refractivity (Wildman–Crippen MR) is 50.9 cm³/mol. The number of carboxylic acid groups (broad SMARTS) is 1. The molecule has 1 amide bonds. The molecule has 6 nitrogen and oxygen atoms in total. The molecule has 1 aromatic heterocycles. The third-order valence-corrected chi connectivity index (χ3v) is 1.77. The molecule has 0 aliphatic heterocycles. The molecule has 0 atom stereocenters. The van der Waals surface area contributed by atoms with Gasteiger partial charge in [-0.3, -0.25) is 4.79 Å². The van der Waals surface area contributed by atoms with Crippen LogP contribution in [0.15, 0.2) is 18.3 Å². The van der Waals surface area contributed by atoms with Crippen LogP contribution in [0.5, 0.6) is 0 Å². The summed E-state index contributed by atoms with van der Waals surface area (Å²) in [5.41, 5.74) is 4.83. The van der Waals surface area contributed by atoms with Crippen LogP contribution in [0.2, 0.25) is 0 Å². The van der Waals surface area contributed by atoms with Crippen LogP contribution in [0.3, 0.4) is 0 Å². The first-order chi connectivity index (χ1) is 7.11. The van der Waals surface area contributed by atoms with Crippen molar-refractivity contribution >= 4 is 11.9 Å². The van der Waals surface area contributed by atoms with E-state index in [-0.39, 0.29) is 17.5 Å². The minimum atomic E-state index is -1.05. The van der Waals surface area contributed by atoms with E-state index in [1.54, 1.807) is 0 Å². The van der Waals surface area contributed by atoms with Crippen molar-refractivity contribution in [3.63, 3.8) is 0 Å². The van der Waals surface area contributed by atoms with E-state index in [2.05, 4.69) is 10.2 Å². The van der Waals surface area contributed by atoms with Crippen molar-refractivity contribution in [2.24, 2.45) is 11.7 Å². The van der Waals surface area contributed by atoms with Gasteiger partial charge in [-0.05, 0) is 25.0 Å². The standard InChI is InChI=1S/C5H4N2O2.C4H7NO/c8-5(9)4-2-1-3-6-7-4;5-4(6)3-1-2-3/h1-3H,(H,8,9);3H,1-2H2,(H2,5,6). The molecule has 1 aliphatic carbocycles. The number of hydrogen-bond acceptors (Lipinski definition) is 4. The van der Waals surface area contributed by atoms with Gasteiger partial charge in [-0.15, -0.1) is 5.10 Å². The molecule has 1 fully saturated rings. The lowest BCUT2D eigenvalue weighted by Crippen LogP contribution is -2.11. The Balaban J connectivity index is 0.000000162. The van der Waals surface area contributed by atoms with Crippen LogP contribution in [0.1, 0.15) is 23.3 Å². The SMILES string of the molecule is NC(=O)C1CC1.O=C(O)c1cccnn1. The Hall–Kier alpha value is -1.98. The Morgan fingerprint density at radius 2 is 2.13 bits per heavy atom. The molecule has 6 heteroatoms. The highest BCUT2D eigenvalue weighted by molar-refractivity contribution is 5.84. The van der Waals surface area contributed by atoms with Gasteiger partial charge >= 0.3 is 5.97 Å². The van der Waals surface area contributed by atoms with E-state index in [1.165, 1.54) is 18.3 Å². The zero-order valence-electron chi connectivity index (χ0n) is 7.96. The van der Waals surface area contributed by atoms with E-state index >= 15 is 0 Å². The summed E-state index contributed by atoms with van der Waals surface area (Å²) in [5.74, 6) is -0.942.